The van der Waals surface area contributed by atoms with Crippen LogP contribution in [0.3, 0.4) is 0 Å². The number of rotatable bonds is 6. The molecule has 1 aromatic heterocycles. The third-order valence-corrected chi connectivity index (χ3v) is 2.45. The zero-order valence-corrected chi connectivity index (χ0v) is 10.4. The summed E-state index contributed by atoms with van der Waals surface area (Å²) in [6, 6.07) is 0.204. The van der Waals surface area contributed by atoms with E-state index in [9.17, 15) is 4.79 Å². The first-order valence-electron chi connectivity index (χ1n) is 5.71. The number of aromatic nitrogens is 2. The number of hydrogen-bond acceptors (Lipinski definition) is 2. The van der Waals surface area contributed by atoms with Crippen molar-refractivity contribution in [1.82, 2.24) is 14.5 Å². The average Bonchev–Trinajstić information content (AvgIpc) is 2.57. The van der Waals surface area contributed by atoms with Crippen molar-refractivity contribution in [1.29, 1.82) is 0 Å². The second-order valence-electron chi connectivity index (χ2n) is 4.24. The molecule has 0 unspecified atom stereocenters. The Balaban J connectivity index is 2.68. The minimum absolute atomic E-state index is 0.0349. The molecular weight excluding hydrogens is 202 g/mol. The summed E-state index contributed by atoms with van der Waals surface area (Å²) in [6.07, 6.45) is 3.65. The van der Waals surface area contributed by atoms with Crippen molar-refractivity contribution in [3.8, 4) is 0 Å². The predicted octanol–water partition coefficient (Wildman–Crippen LogP) is 1.40. The average molecular weight is 223 g/mol. The van der Waals surface area contributed by atoms with Crippen LogP contribution in [0.1, 0.15) is 26.8 Å². The lowest BCUT2D eigenvalue weighted by molar-refractivity contribution is 0.558. The molecule has 0 saturated carbocycles. The van der Waals surface area contributed by atoms with Crippen molar-refractivity contribution >= 4 is 0 Å². The molecule has 0 spiro atoms. The van der Waals surface area contributed by atoms with Gasteiger partial charge in [-0.3, -0.25) is 9.13 Å². The molecule has 0 atom stereocenters. The highest BCUT2D eigenvalue weighted by Crippen LogP contribution is 2.00. The van der Waals surface area contributed by atoms with Gasteiger partial charge in [0.1, 0.15) is 0 Å². The molecule has 0 radical (unpaired) electrons. The van der Waals surface area contributed by atoms with Crippen molar-refractivity contribution in [3.05, 3.63) is 35.0 Å². The standard InChI is InChI=1S/C12H21N3O/c1-5-13-8-11(4)9-14-6-7-15(10(2)3)12(14)16/h6-7,10,13H,4-5,8-9H2,1-3H3. The maximum Gasteiger partial charge on any atom is 0.328 e. The molecule has 0 aromatic carbocycles. The molecule has 4 heteroatoms. The maximum atomic E-state index is 11.9. The van der Waals surface area contributed by atoms with Gasteiger partial charge in [0.25, 0.3) is 0 Å². The number of likely N-dealkylation sites (N-methyl/N-ethyl adjacent to an activating group) is 1. The van der Waals surface area contributed by atoms with Gasteiger partial charge in [0.15, 0.2) is 0 Å². The molecule has 16 heavy (non-hydrogen) atoms. The lowest BCUT2D eigenvalue weighted by Gasteiger charge is -2.07. The zero-order chi connectivity index (χ0) is 12.1. The zero-order valence-electron chi connectivity index (χ0n) is 10.4. The van der Waals surface area contributed by atoms with Gasteiger partial charge in [0.2, 0.25) is 0 Å². The summed E-state index contributed by atoms with van der Waals surface area (Å²) in [5.74, 6) is 0. The maximum absolute atomic E-state index is 11.9. The Morgan fingerprint density at radius 1 is 1.50 bits per heavy atom. The van der Waals surface area contributed by atoms with Crippen LogP contribution in [0, 0.1) is 0 Å². The Morgan fingerprint density at radius 2 is 2.19 bits per heavy atom. The van der Waals surface area contributed by atoms with E-state index in [-0.39, 0.29) is 11.7 Å². The van der Waals surface area contributed by atoms with Gasteiger partial charge in [-0.1, -0.05) is 13.5 Å². The Labute approximate surface area is 96.6 Å². The van der Waals surface area contributed by atoms with E-state index in [4.69, 9.17) is 0 Å². The fraction of sp³-hybridized carbons (Fsp3) is 0.583. The molecule has 0 amide bonds. The molecule has 0 saturated heterocycles. The van der Waals surface area contributed by atoms with Gasteiger partial charge in [0.05, 0.1) is 0 Å². The van der Waals surface area contributed by atoms with E-state index in [0.29, 0.717) is 6.54 Å². The lowest BCUT2D eigenvalue weighted by atomic mass is 10.3. The quantitative estimate of drug-likeness (QED) is 0.740. The van der Waals surface area contributed by atoms with Crippen LogP contribution in [-0.2, 0) is 6.54 Å². The van der Waals surface area contributed by atoms with Gasteiger partial charge in [-0.15, -0.1) is 0 Å². The van der Waals surface area contributed by atoms with E-state index >= 15 is 0 Å². The number of hydrogen-bond donors (Lipinski definition) is 1. The molecular formula is C12H21N3O. The van der Waals surface area contributed by atoms with Gasteiger partial charge in [0, 0.05) is 31.5 Å². The minimum atomic E-state index is 0.0349. The third kappa shape index (κ3) is 3.10. The van der Waals surface area contributed by atoms with Gasteiger partial charge in [-0.2, -0.15) is 0 Å². The van der Waals surface area contributed by atoms with Crippen molar-refractivity contribution in [2.75, 3.05) is 13.1 Å². The summed E-state index contributed by atoms with van der Waals surface area (Å²) in [5.41, 5.74) is 1.05. The molecule has 0 aliphatic heterocycles. The Morgan fingerprint density at radius 3 is 2.69 bits per heavy atom. The van der Waals surface area contributed by atoms with Crippen LogP contribution in [0.2, 0.25) is 0 Å². The Hall–Kier alpha value is -1.29. The summed E-state index contributed by atoms with van der Waals surface area (Å²) in [6.45, 7) is 12.3. The van der Waals surface area contributed by atoms with Crippen LogP contribution in [-0.4, -0.2) is 22.2 Å². The predicted molar refractivity (Wildman–Crippen MR) is 66.8 cm³/mol. The second kappa shape index (κ2) is 5.70. The number of imidazole rings is 1. The SMILES string of the molecule is C=C(CNCC)Cn1ccn(C(C)C)c1=O. The third-order valence-electron chi connectivity index (χ3n) is 2.45. The van der Waals surface area contributed by atoms with Crippen molar-refractivity contribution in [2.24, 2.45) is 0 Å². The topological polar surface area (TPSA) is 39.0 Å². The lowest BCUT2D eigenvalue weighted by Crippen LogP contribution is -2.27. The first-order chi connectivity index (χ1) is 7.56. The van der Waals surface area contributed by atoms with Crippen LogP contribution in [0.15, 0.2) is 29.3 Å². The highest BCUT2D eigenvalue weighted by Gasteiger charge is 2.06. The van der Waals surface area contributed by atoms with E-state index in [1.165, 1.54) is 0 Å². The van der Waals surface area contributed by atoms with E-state index in [1.54, 1.807) is 9.13 Å². The molecule has 0 bridgehead atoms. The monoisotopic (exact) mass is 223 g/mol. The Kier molecular flexibility index (Phi) is 4.55. The van der Waals surface area contributed by atoms with E-state index < -0.39 is 0 Å². The molecule has 90 valence electrons. The molecule has 1 heterocycles. The van der Waals surface area contributed by atoms with Gasteiger partial charge < -0.3 is 5.32 Å². The molecule has 1 aromatic rings. The number of nitrogens with zero attached hydrogens (tertiary/aromatic N) is 2. The fourth-order valence-corrected chi connectivity index (χ4v) is 1.54. The first-order valence-corrected chi connectivity index (χ1v) is 5.71. The highest BCUT2D eigenvalue weighted by atomic mass is 16.1. The smallest absolute Gasteiger partial charge is 0.313 e. The fourth-order valence-electron chi connectivity index (χ4n) is 1.54. The largest absolute Gasteiger partial charge is 0.328 e. The van der Waals surface area contributed by atoms with Gasteiger partial charge >= 0.3 is 5.69 Å². The summed E-state index contributed by atoms with van der Waals surface area (Å²) in [7, 11) is 0. The normalized spacial score (nSPS) is 11.0. The molecule has 1 N–H and O–H groups in total. The second-order valence-corrected chi connectivity index (χ2v) is 4.24. The molecule has 1 rings (SSSR count). The van der Waals surface area contributed by atoms with E-state index in [1.807, 2.05) is 26.2 Å². The molecule has 0 aliphatic carbocycles. The van der Waals surface area contributed by atoms with Crippen molar-refractivity contribution < 1.29 is 0 Å². The van der Waals surface area contributed by atoms with Crippen LogP contribution in [0.25, 0.3) is 0 Å². The first kappa shape index (κ1) is 12.8. The highest BCUT2D eigenvalue weighted by molar-refractivity contribution is 4.99. The van der Waals surface area contributed by atoms with E-state index in [2.05, 4.69) is 18.8 Å². The van der Waals surface area contributed by atoms with Crippen LogP contribution in [0.5, 0.6) is 0 Å². The van der Waals surface area contributed by atoms with Crippen LogP contribution in [0.4, 0.5) is 0 Å². The Bertz CT molecular complexity index is 401. The summed E-state index contributed by atoms with van der Waals surface area (Å²) >= 11 is 0. The molecule has 0 fully saturated rings. The summed E-state index contributed by atoms with van der Waals surface area (Å²) in [5, 5.41) is 3.20. The molecule has 4 nitrogen and oxygen atoms in total. The minimum Gasteiger partial charge on any atom is -0.313 e. The van der Waals surface area contributed by atoms with Crippen LogP contribution < -0.4 is 11.0 Å². The van der Waals surface area contributed by atoms with Gasteiger partial charge in [-0.25, -0.2) is 4.79 Å². The van der Waals surface area contributed by atoms with Crippen LogP contribution >= 0.6 is 0 Å². The van der Waals surface area contributed by atoms with Crippen molar-refractivity contribution in [2.45, 2.75) is 33.4 Å². The number of nitrogens with one attached hydrogen (secondary N) is 1. The summed E-state index contributed by atoms with van der Waals surface area (Å²) < 4.78 is 3.42. The van der Waals surface area contributed by atoms with E-state index in [0.717, 1.165) is 18.7 Å². The van der Waals surface area contributed by atoms with Crippen molar-refractivity contribution in [3.63, 3.8) is 0 Å². The molecule has 0 aliphatic rings. The summed E-state index contributed by atoms with van der Waals surface area (Å²) in [4.78, 5) is 11.9. The van der Waals surface area contributed by atoms with Gasteiger partial charge in [-0.05, 0) is 26.0 Å².